The van der Waals surface area contributed by atoms with Crippen LogP contribution in [0.4, 0.5) is 11.4 Å². The summed E-state index contributed by atoms with van der Waals surface area (Å²) in [5.74, 6) is 0. The van der Waals surface area contributed by atoms with Gasteiger partial charge in [0.2, 0.25) is 0 Å². The summed E-state index contributed by atoms with van der Waals surface area (Å²) in [5.41, 5.74) is 12.5. The molecule has 108 valence electrons. The van der Waals surface area contributed by atoms with E-state index in [4.69, 9.17) is 5.73 Å². The number of nitrogens with two attached hydrogens (primary N) is 1. The highest BCUT2D eigenvalue weighted by molar-refractivity contribution is 5.72. The lowest BCUT2D eigenvalue weighted by Gasteiger charge is -2.33. The molecule has 0 radical (unpaired) electrons. The molecule has 4 rings (SSSR count). The minimum Gasteiger partial charge on any atom is -0.399 e. The molecule has 0 unspecified atom stereocenters. The van der Waals surface area contributed by atoms with Crippen molar-refractivity contribution in [1.29, 1.82) is 0 Å². The van der Waals surface area contributed by atoms with Gasteiger partial charge in [0.1, 0.15) is 0 Å². The molecule has 3 N–H and O–H groups in total. The van der Waals surface area contributed by atoms with E-state index in [2.05, 4.69) is 35.6 Å². The summed E-state index contributed by atoms with van der Waals surface area (Å²) < 4.78 is 0. The van der Waals surface area contributed by atoms with E-state index in [1.165, 1.54) is 54.5 Å². The van der Waals surface area contributed by atoms with Crippen LogP contribution in [0.2, 0.25) is 0 Å². The molecule has 0 amide bonds. The second kappa shape index (κ2) is 4.80. The van der Waals surface area contributed by atoms with Crippen LogP contribution in [0, 0.1) is 0 Å². The number of hydrogen-bond acceptors (Lipinski definition) is 2. The molecule has 2 aliphatic rings. The predicted octanol–water partition coefficient (Wildman–Crippen LogP) is 4.56. The van der Waals surface area contributed by atoms with Crippen LogP contribution in [0.25, 0.3) is 11.1 Å². The normalized spacial score (nSPS) is 19.2. The molecule has 1 saturated carbocycles. The lowest BCUT2D eigenvalue weighted by Crippen LogP contribution is -2.30. The zero-order valence-corrected chi connectivity index (χ0v) is 12.4. The number of rotatable bonds is 1. The maximum atomic E-state index is 5.80. The van der Waals surface area contributed by atoms with E-state index in [1.54, 1.807) is 0 Å². The summed E-state index contributed by atoms with van der Waals surface area (Å²) >= 11 is 0. The number of nitrogens with one attached hydrogen (secondary N) is 1. The van der Waals surface area contributed by atoms with Crippen molar-refractivity contribution in [3.63, 3.8) is 0 Å². The topological polar surface area (TPSA) is 38.0 Å². The average Bonchev–Trinajstić information content (AvgIpc) is 2.87. The first-order chi connectivity index (χ1) is 10.3. The molecule has 1 fully saturated rings. The molecule has 2 aromatic rings. The molecule has 0 aromatic heterocycles. The number of benzene rings is 2. The summed E-state index contributed by atoms with van der Waals surface area (Å²) in [6.45, 7) is 1.12. The van der Waals surface area contributed by atoms with E-state index >= 15 is 0 Å². The van der Waals surface area contributed by atoms with E-state index in [9.17, 15) is 0 Å². The third-order valence-corrected chi connectivity index (χ3v) is 5.26. The minimum absolute atomic E-state index is 0.386. The fraction of sp³-hybridized carbons (Fsp3) is 0.368. The van der Waals surface area contributed by atoms with Crippen molar-refractivity contribution in [2.75, 3.05) is 17.6 Å². The Morgan fingerprint density at radius 1 is 0.857 bits per heavy atom. The molecular formula is C19H22N2. The van der Waals surface area contributed by atoms with Gasteiger partial charge < -0.3 is 11.1 Å². The smallest absolute Gasteiger partial charge is 0.0379 e. The summed E-state index contributed by atoms with van der Waals surface area (Å²) in [6, 6.07) is 15.1. The molecule has 2 nitrogen and oxygen atoms in total. The molecule has 1 aliphatic heterocycles. The van der Waals surface area contributed by atoms with Gasteiger partial charge in [-0.2, -0.15) is 0 Å². The predicted molar refractivity (Wildman–Crippen MR) is 89.5 cm³/mol. The SMILES string of the molecule is Nc1ccc(-c2ccc3c(c2)C2(CCCCC2)CN3)cc1. The van der Waals surface area contributed by atoms with Crippen LogP contribution in [0.15, 0.2) is 42.5 Å². The van der Waals surface area contributed by atoms with Gasteiger partial charge in [-0.3, -0.25) is 0 Å². The number of fused-ring (bicyclic) bond motifs is 2. The van der Waals surface area contributed by atoms with Crippen molar-refractivity contribution >= 4 is 11.4 Å². The van der Waals surface area contributed by atoms with Crippen molar-refractivity contribution in [3.8, 4) is 11.1 Å². The van der Waals surface area contributed by atoms with E-state index in [1.807, 2.05) is 12.1 Å². The average molecular weight is 278 g/mol. The van der Waals surface area contributed by atoms with Crippen LogP contribution in [-0.2, 0) is 5.41 Å². The van der Waals surface area contributed by atoms with Crippen molar-refractivity contribution < 1.29 is 0 Å². The van der Waals surface area contributed by atoms with Gasteiger partial charge in [-0.15, -0.1) is 0 Å². The number of anilines is 2. The molecule has 1 heterocycles. The first kappa shape index (κ1) is 12.8. The highest BCUT2D eigenvalue weighted by Crippen LogP contribution is 2.47. The number of hydrogen-bond donors (Lipinski definition) is 2. The summed E-state index contributed by atoms with van der Waals surface area (Å²) in [5, 5.41) is 3.63. The zero-order valence-electron chi connectivity index (χ0n) is 12.4. The van der Waals surface area contributed by atoms with Gasteiger partial charge in [-0.05, 0) is 53.8 Å². The molecule has 2 heteroatoms. The van der Waals surface area contributed by atoms with E-state index in [0.29, 0.717) is 5.41 Å². The molecule has 21 heavy (non-hydrogen) atoms. The third kappa shape index (κ3) is 2.10. The molecule has 0 saturated heterocycles. The highest BCUT2D eigenvalue weighted by Gasteiger charge is 2.39. The Morgan fingerprint density at radius 3 is 2.33 bits per heavy atom. The first-order valence-corrected chi connectivity index (χ1v) is 8.01. The molecule has 1 aliphatic carbocycles. The lowest BCUT2D eigenvalue weighted by atomic mass is 9.70. The van der Waals surface area contributed by atoms with Crippen molar-refractivity contribution in [2.24, 2.45) is 0 Å². The minimum atomic E-state index is 0.386. The van der Waals surface area contributed by atoms with E-state index in [0.717, 1.165) is 12.2 Å². The molecule has 2 aromatic carbocycles. The van der Waals surface area contributed by atoms with Gasteiger partial charge in [0.25, 0.3) is 0 Å². The van der Waals surface area contributed by atoms with Gasteiger partial charge in [0.05, 0.1) is 0 Å². The van der Waals surface area contributed by atoms with Gasteiger partial charge in [0.15, 0.2) is 0 Å². The molecule has 0 atom stereocenters. The monoisotopic (exact) mass is 278 g/mol. The second-order valence-corrected chi connectivity index (χ2v) is 6.58. The molecule has 1 spiro atoms. The lowest BCUT2D eigenvalue weighted by molar-refractivity contribution is 0.319. The summed E-state index contributed by atoms with van der Waals surface area (Å²) in [7, 11) is 0. The Morgan fingerprint density at radius 2 is 1.57 bits per heavy atom. The van der Waals surface area contributed by atoms with Gasteiger partial charge in [0, 0.05) is 23.3 Å². The van der Waals surface area contributed by atoms with Crippen LogP contribution in [0.5, 0.6) is 0 Å². The zero-order chi connectivity index (χ0) is 14.3. The molecule has 0 bridgehead atoms. The fourth-order valence-electron chi connectivity index (χ4n) is 4.03. The van der Waals surface area contributed by atoms with Crippen LogP contribution in [-0.4, -0.2) is 6.54 Å². The second-order valence-electron chi connectivity index (χ2n) is 6.58. The Labute approximate surface area is 126 Å². The van der Waals surface area contributed by atoms with E-state index < -0.39 is 0 Å². The first-order valence-electron chi connectivity index (χ1n) is 8.01. The highest BCUT2D eigenvalue weighted by atomic mass is 14.9. The van der Waals surface area contributed by atoms with Gasteiger partial charge in [-0.25, -0.2) is 0 Å². The van der Waals surface area contributed by atoms with Crippen molar-refractivity contribution in [2.45, 2.75) is 37.5 Å². The Kier molecular flexibility index (Phi) is 2.91. The molecular weight excluding hydrogens is 256 g/mol. The quantitative estimate of drug-likeness (QED) is 0.750. The Bertz CT molecular complexity index is 646. The van der Waals surface area contributed by atoms with Crippen LogP contribution in [0.1, 0.15) is 37.7 Å². The summed E-state index contributed by atoms with van der Waals surface area (Å²) in [4.78, 5) is 0. The van der Waals surface area contributed by atoms with Crippen LogP contribution < -0.4 is 11.1 Å². The fourth-order valence-corrected chi connectivity index (χ4v) is 4.03. The largest absolute Gasteiger partial charge is 0.399 e. The van der Waals surface area contributed by atoms with Gasteiger partial charge in [-0.1, -0.05) is 37.5 Å². The van der Waals surface area contributed by atoms with E-state index in [-0.39, 0.29) is 0 Å². The standard InChI is InChI=1S/C19H22N2/c20-16-7-4-14(5-8-16)15-6-9-18-17(12-15)19(13-21-18)10-2-1-3-11-19/h4-9,12,21H,1-3,10-11,13,20H2. The summed E-state index contributed by atoms with van der Waals surface area (Å²) in [6.07, 6.45) is 6.80. The van der Waals surface area contributed by atoms with Crippen LogP contribution in [0.3, 0.4) is 0 Å². The Hall–Kier alpha value is -1.96. The van der Waals surface area contributed by atoms with Crippen molar-refractivity contribution in [1.82, 2.24) is 0 Å². The Balaban J connectivity index is 1.76. The maximum Gasteiger partial charge on any atom is 0.0379 e. The van der Waals surface area contributed by atoms with Crippen molar-refractivity contribution in [3.05, 3.63) is 48.0 Å². The third-order valence-electron chi connectivity index (χ3n) is 5.26. The van der Waals surface area contributed by atoms with Crippen LogP contribution >= 0.6 is 0 Å². The number of nitrogen functional groups attached to an aromatic ring is 1. The van der Waals surface area contributed by atoms with Gasteiger partial charge >= 0.3 is 0 Å². The maximum absolute atomic E-state index is 5.80.